The molecule has 0 spiro atoms. The van der Waals surface area contributed by atoms with Crippen LogP contribution in [0.5, 0.6) is 0 Å². The normalized spacial score (nSPS) is 12.1. The van der Waals surface area contributed by atoms with Gasteiger partial charge in [0.05, 0.1) is 16.8 Å². The number of carbonyl (C=O) groups is 1. The number of imidazole rings is 1. The average molecular weight is 444 g/mol. The fourth-order valence-electron chi connectivity index (χ4n) is 3.84. The third-order valence-electron chi connectivity index (χ3n) is 5.80. The Morgan fingerprint density at radius 3 is 2.53 bits per heavy atom. The van der Waals surface area contributed by atoms with Gasteiger partial charge in [-0.05, 0) is 48.1 Å². The van der Waals surface area contributed by atoms with Crippen LogP contribution in [0.25, 0.3) is 11.0 Å². The van der Waals surface area contributed by atoms with Crippen LogP contribution < -0.4 is 5.32 Å². The summed E-state index contributed by atoms with van der Waals surface area (Å²) in [5, 5.41) is 3.99. The molecule has 1 heterocycles. The number of aryl methyl sites for hydroxylation is 2. The zero-order valence-electron chi connectivity index (χ0n) is 18.6. The molecule has 1 aromatic heterocycles. The lowest BCUT2D eigenvalue weighted by atomic mass is 9.97. The lowest BCUT2D eigenvalue weighted by Crippen LogP contribution is -2.16. The van der Waals surface area contributed by atoms with E-state index in [1.807, 2.05) is 42.5 Å². The maximum Gasteiger partial charge on any atom is 0.234 e. The topological polar surface area (TPSA) is 46.9 Å². The second-order valence-corrected chi connectivity index (χ2v) is 8.95. The summed E-state index contributed by atoms with van der Waals surface area (Å²) in [7, 11) is 0. The number of fused-ring (bicyclic) bond motifs is 1. The minimum absolute atomic E-state index is 0.00702. The highest BCUT2D eigenvalue weighted by molar-refractivity contribution is 7.99. The standard InChI is InChI=1S/C27H29N3OS/c1-3-20(2)22-13-7-8-14-23(22)28-26(31)19-32-27-29-24-15-9-10-16-25(24)30(27)18-17-21-11-5-4-6-12-21/h4-16,20H,3,17-19H2,1-2H3,(H,28,31)/t20-/m0/s1. The molecule has 0 saturated carbocycles. The lowest BCUT2D eigenvalue weighted by molar-refractivity contribution is -0.113. The van der Waals surface area contributed by atoms with E-state index in [4.69, 9.17) is 4.98 Å². The van der Waals surface area contributed by atoms with Gasteiger partial charge in [0.2, 0.25) is 5.91 Å². The van der Waals surface area contributed by atoms with Gasteiger partial charge in [-0.2, -0.15) is 0 Å². The van der Waals surface area contributed by atoms with Gasteiger partial charge in [0, 0.05) is 12.2 Å². The quantitative estimate of drug-likeness (QED) is 0.299. The van der Waals surface area contributed by atoms with Gasteiger partial charge in [0.1, 0.15) is 0 Å². The number of hydrogen-bond acceptors (Lipinski definition) is 3. The summed E-state index contributed by atoms with van der Waals surface area (Å²) < 4.78 is 2.23. The van der Waals surface area contributed by atoms with Gasteiger partial charge in [-0.1, -0.05) is 86.3 Å². The molecule has 0 bridgehead atoms. The number of benzene rings is 3. The molecule has 5 heteroatoms. The zero-order chi connectivity index (χ0) is 22.3. The van der Waals surface area contributed by atoms with Crippen molar-refractivity contribution in [3.63, 3.8) is 0 Å². The number of rotatable bonds is 9. The maximum atomic E-state index is 12.8. The number of aromatic nitrogens is 2. The van der Waals surface area contributed by atoms with E-state index in [1.54, 1.807) is 0 Å². The number of thioether (sulfide) groups is 1. The van der Waals surface area contributed by atoms with Crippen molar-refractivity contribution in [3.05, 3.63) is 90.0 Å². The molecule has 1 N–H and O–H groups in total. The third kappa shape index (κ3) is 5.22. The summed E-state index contributed by atoms with van der Waals surface area (Å²) in [5.41, 5.74) is 5.45. The molecule has 1 amide bonds. The molecule has 164 valence electrons. The van der Waals surface area contributed by atoms with Crippen LogP contribution in [0.3, 0.4) is 0 Å². The second-order valence-electron chi connectivity index (χ2n) is 8.00. The Bertz CT molecular complexity index is 1190. The zero-order valence-corrected chi connectivity index (χ0v) is 19.4. The summed E-state index contributed by atoms with van der Waals surface area (Å²) in [5.74, 6) is 0.720. The predicted octanol–water partition coefficient (Wildman–Crippen LogP) is 6.52. The maximum absolute atomic E-state index is 12.8. The van der Waals surface area contributed by atoms with Gasteiger partial charge in [-0.25, -0.2) is 4.98 Å². The fourth-order valence-corrected chi connectivity index (χ4v) is 4.68. The van der Waals surface area contributed by atoms with Crippen LogP contribution in [-0.4, -0.2) is 21.2 Å². The van der Waals surface area contributed by atoms with E-state index >= 15 is 0 Å². The fraction of sp³-hybridized carbons (Fsp3) is 0.259. The summed E-state index contributed by atoms with van der Waals surface area (Å²) in [4.78, 5) is 17.6. The van der Waals surface area contributed by atoms with Crippen molar-refractivity contribution in [1.29, 1.82) is 0 Å². The predicted molar refractivity (Wildman–Crippen MR) is 134 cm³/mol. The molecule has 0 saturated heterocycles. The number of para-hydroxylation sites is 3. The molecule has 32 heavy (non-hydrogen) atoms. The van der Waals surface area contributed by atoms with E-state index < -0.39 is 0 Å². The number of anilines is 1. The van der Waals surface area contributed by atoms with E-state index in [0.717, 1.165) is 41.3 Å². The van der Waals surface area contributed by atoms with Crippen LogP contribution in [0, 0.1) is 0 Å². The van der Waals surface area contributed by atoms with Gasteiger partial charge in [0.15, 0.2) is 5.16 Å². The van der Waals surface area contributed by atoms with Gasteiger partial charge < -0.3 is 9.88 Å². The minimum Gasteiger partial charge on any atom is -0.325 e. The Hall–Kier alpha value is -3.05. The molecule has 4 rings (SSSR count). The molecule has 0 aliphatic heterocycles. The van der Waals surface area contributed by atoms with Crippen molar-refractivity contribution in [1.82, 2.24) is 9.55 Å². The largest absolute Gasteiger partial charge is 0.325 e. The van der Waals surface area contributed by atoms with Crippen molar-refractivity contribution >= 4 is 34.4 Å². The molecular formula is C27H29N3OS. The van der Waals surface area contributed by atoms with Gasteiger partial charge in [0.25, 0.3) is 0 Å². The minimum atomic E-state index is -0.00702. The molecule has 3 aromatic carbocycles. The molecule has 0 radical (unpaired) electrons. The van der Waals surface area contributed by atoms with Gasteiger partial charge in [-0.3, -0.25) is 4.79 Å². The summed E-state index contributed by atoms with van der Waals surface area (Å²) >= 11 is 1.50. The first-order valence-corrected chi connectivity index (χ1v) is 12.1. The number of nitrogens with one attached hydrogen (secondary N) is 1. The van der Waals surface area contributed by atoms with Crippen LogP contribution in [0.1, 0.15) is 37.3 Å². The smallest absolute Gasteiger partial charge is 0.234 e. The molecule has 0 fully saturated rings. The van der Waals surface area contributed by atoms with E-state index in [2.05, 4.69) is 60.1 Å². The van der Waals surface area contributed by atoms with Crippen LogP contribution in [-0.2, 0) is 17.8 Å². The van der Waals surface area contributed by atoms with Crippen molar-refractivity contribution in [3.8, 4) is 0 Å². The average Bonchev–Trinajstić information content (AvgIpc) is 3.19. The van der Waals surface area contributed by atoms with Crippen molar-refractivity contribution in [2.24, 2.45) is 0 Å². The Labute approximate surface area is 194 Å². The number of carbonyl (C=O) groups excluding carboxylic acids is 1. The number of nitrogens with zero attached hydrogens (tertiary/aromatic N) is 2. The van der Waals surface area contributed by atoms with Gasteiger partial charge in [-0.15, -0.1) is 0 Å². The monoisotopic (exact) mass is 443 g/mol. The van der Waals surface area contributed by atoms with E-state index in [1.165, 1.54) is 22.9 Å². The Morgan fingerprint density at radius 2 is 1.72 bits per heavy atom. The molecule has 4 nitrogen and oxygen atoms in total. The highest BCUT2D eigenvalue weighted by Gasteiger charge is 2.15. The first-order valence-electron chi connectivity index (χ1n) is 11.2. The van der Waals surface area contributed by atoms with Gasteiger partial charge >= 0.3 is 0 Å². The molecule has 0 aliphatic rings. The highest BCUT2D eigenvalue weighted by Crippen LogP contribution is 2.28. The van der Waals surface area contributed by atoms with Crippen LogP contribution in [0.15, 0.2) is 84.0 Å². The summed E-state index contributed by atoms with van der Waals surface area (Å²) in [6.45, 7) is 5.18. The molecule has 0 aliphatic carbocycles. The Kier molecular flexibility index (Phi) is 7.28. The van der Waals surface area contributed by atoms with Crippen molar-refractivity contribution in [2.75, 3.05) is 11.1 Å². The summed E-state index contributed by atoms with van der Waals surface area (Å²) in [6.07, 6.45) is 1.95. The lowest BCUT2D eigenvalue weighted by Gasteiger charge is -2.15. The Balaban J connectivity index is 1.48. The van der Waals surface area contributed by atoms with E-state index in [9.17, 15) is 4.79 Å². The van der Waals surface area contributed by atoms with E-state index in [0.29, 0.717) is 11.7 Å². The number of amides is 1. The highest BCUT2D eigenvalue weighted by atomic mass is 32.2. The van der Waals surface area contributed by atoms with Crippen LogP contribution in [0.4, 0.5) is 5.69 Å². The van der Waals surface area contributed by atoms with Crippen LogP contribution in [0.2, 0.25) is 0 Å². The molecule has 0 unspecified atom stereocenters. The summed E-state index contributed by atoms with van der Waals surface area (Å²) in [6, 6.07) is 26.7. The third-order valence-corrected chi connectivity index (χ3v) is 6.77. The molecule has 1 atom stereocenters. The van der Waals surface area contributed by atoms with Crippen molar-refractivity contribution in [2.45, 2.75) is 44.3 Å². The van der Waals surface area contributed by atoms with E-state index in [-0.39, 0.29) is 5.91 Å². The first-order chi connectivity index (χ1) is 15.7. The molecule has 4 aromatic rings. The first kappa shape index (κ1) is 22.2. The molecular weight excluding hydrogens is 414 g/mol. The second kappa shape index (κ2) is 10.5. The number of hydrogen-bond donors (Lipinski definition) is 1. The Morgan fingerprint density at radius 1 is 1.00 bits per heavy atom. The SMILES string of the molecule is CC[C@H](C)c1ccccc1NC(=O)CSc1nc2ccccc2n1CCc1ccccc1. The van der Waals surface area contributed by atoms with Crippen LogP contribution >= 0.6 is 11.8 Å². The van der Waals surface area contributed by atoms with Crippen molar-refractivity contribution < 1.29 is 4.79 Å².